The summed E-state index contributed by atoms with van der Waals surface area (Å²) in [5, 5.41) is 5.36. The quantitative estimate of drug-likeness (QED) is 0.573. The Labute approximate surface area is 115 Å². The predicted molar refractivity (Wildman–Crippen MR) is 77.3 cm³/mol. The van der Waals surface area contributed by atoms with Crippen molar-refractivity contribution in [2.24, 2.45) is 5.84 Å². The molecule has 1 unspecified atom stereocenters. The molecule has 1 aliphatic rings. The van der Waals surface area contributed by atoms with E-state index >= 15 is 0 Å². The Kier molecular flexibility index (Phi) is 3.77. The molecule has 1 fully saturated rings. The van der Waals surface area contributed by atoms with E-state index in [9.17, 15) is 0 Å². The number of nitrogens with zero attached hydrogens (tertiary/aromatic N) is 2. The second-order valence-electron chi connectivity index (χ2n) is 4.53. The van der Waals surface area contributed by atoms with E-state index < -0.39 is 0 Å². The number of hydrogen-bond donors (Lipinski definition) is 3. The summed E-state index contributed by atoms with van der Waals surface area (Å²) in [6.07, 6.45) is 3.73. The molecule has 19 heavy (non-hydrogen) atoms. The molecule has 1 saturated heterocycles. The average molecular weight is 279 g/mol. The average Bonchev–Trinajstić information content (AvgIpc) is 3.08. The van der Waals surface area contributed by atoms with Crippen LogP contribution >= 0.6 is 11.3 Å². The fourth-order valence-corrected chi connectivity index (χ4v) is 3.07. The van der Waals surface area contributed by atoms with Gasteiger partial charge in [0.2, 0.25) is 5.95 Å². The number of fused-ring (bicyclic) bond motifs is 1. The largest absolute Gasteiger partial charge is 0.378 e. The van der Waals surface area contributed by atoms with Gasteiger partial charge in [0.15, 0.2) is 0 Å². The molecular weight excluding hydrogens is 262 g/mol. The molecular formula is C12H17N5OS. The van der Waals surface area contributed by atoms with E-state index in [1.54, 1.807) is 11.3 Å². The van der Waals surface area contributed by atoms with Crippen LogP contribution in [0.3, 0.4) is 0 Å². The Morgan fingerprint density at radius 2 is 2.42 bits per heavy atom. The number of hydrogen-bond acceptors (Lipinski definition) is 7. The van der Waals surface area contributed by atoms with Crippen LogP contribution < -0.4 is 16.6 Å². The number of aromatic nitrogens is 2. The Hall–Kier alpha value is -1.44. The first-order valence-electron chi connectivity index (χ1n) is 6.44. The molecule has 3 heterocycles. The van der Waals surface area contributed by atoms with Crippen molar-refractivity contribution in [2.45, 2.75) is 25.4 Å². The standard InChI is InChI=1S/C12H17N5OS/c13-17-12-15-9-4-7-19-10(9)11(16-12)14-5-3-8-2-1-6-18-8/h4,7-8H,1-3,5-6,13H2,(H2,14,15,16,17). The Morgan fingerprint density at radius 1 is 1.47 bits per heavy atom. The summed E-state index contributed by atoms with van der Waals surface area (Å²) >= 11 is 1.63. The van der Waals surface area contributed by atoms with Gasteiger partial charge >= 0.3 is 0 Å². The van der Waals surface area contributed by atoms with Crippen LogP contribution in [0.25, 0.3) is 10.2 Å². The Bertz CT molecular complexity index is 552. The molecule has 0 aromatic carbocycles. The van der Waals surface area contributed by atoms with Crippen molar-refractivity contribution in [3.63, 3.8) is 0 Å². The van der Waals surface area contributed by atoms with Gasteiger partial charge in [0, 0.05) is 13.2 Å². The van der Waals surface area contributed by atoms with Crippen LogP contribution in [0, 0.1) is 0 Å². The SMILES string of the molecule is NNc1nc(NCCC2CCCO2)c2sccc2n1. The number of nitrogen functional groups attached to an aromatic ring is 1. The number of hydrazine groups is 1. The van der Waals surface area contributed by atoms with Gasteiger partial charge in [0.05, 0.1) is 16.3 Å². The molecule has 0 spiro atoms. The first kappa shape index (κ1) is 12.6. The molecule has 2 aromatic heterocycles. The van der Waals surface area contributed by atoms with Gasteiger partial charge in [-0.2, -0.15) is 4.98 Å². The van der Waals surface area contributed by atoms with E-state index in [2.05, 4.69) is 20.7 Å². The summed E-state index contributed by atoms with van der Waals surface area (Å²) in [6.45, 7) is 1.74. The maximum atomic E-state index is 5.61. The summed E-state index contributed by atoms with van der Waals surface area (Å²) in [5.74, 6) is 6.66. The zero-order chi connectivity index (χ0) is 13.1. The van der Waals surface area contributed by atoms with E-state index in [0.29, 0.717) is 12.1 Å². The van der Waals surface area contributed by atoms with Gasteiger partial charge in [-0.15, -0.1) is 11.3 Å². The Balaban J connectivity index is 1.70. The highest BCUT2D eigenvalue weighted by atomic mass is 32.1. The third-order valence-electron chi connectivity index (χ3n) is 3.22. The van der Waals surface area contributed by atoms with Gasteiger partial charge in [-0.25, -0.2) is 10.8 Å². The fraction of sp³-hybridized carbons (Fsp3) is 0.500. The summed E-state index contributed by atoms with van der Waals surface area (Å²) in [7, 11) is 0. The molecule has 0 amide bonds. The number of anilines is 2. The van der Waals surface area contributed by atoms with Crippen LogP contribution in [-0.4, -0.2) is 29.2 Å². The molecule has 102 valence electrons. The zero-order valence-electron chi connectivity index (χ0n) is 10.6. The van der Waals surface area contributed by atoms with Crippen molar-refractivity contribution in [1.29, 1.82) is 0 Å². The molecule has 4 N–H and O–H groups in total. The lowest BCUT2D eigenvalue weighted by molar-refractivity contribution is 0.107. The van der Waals surface area contributed by atoms with Gasteiger partial charge in [-0.3, -0.25) is 5.43 Å². The van der Waals surface area contributed by atoms with Crippen LogP contribution in [0.5, 0.6) is 0 Å². The first-order valence-corrected chi connectivity index (χ1v) is 7.32. The lowest BCUT2D eigenvalue weighted by atomic mass is 10.2. The maximum Gasteiger partial charge on any atom is 0.239 e. The third-order valence-corrected chi connectivity index (χ3v) is 4.13. The topological polar surface area (TPSA) is 85.1 Å². The molecule has 0 saturated carbocycles. The summed E-state index contributed by atoms with van der Waals surface area (Å²) in [4.78, 5) is 8.67. The van der Waals surface area contributed by atoms with Crippen molar-refractivity contribution in [2.75, 3.05) is 23.9 Å². The normalized spacial score (nSPS) is 18.9. The second-order valence-corrected chi connectivity index (χ2v) is 5.44. The summed E-state index contributed by atoms with van der Waals surface area (Å²) in [5.41, 5.74) is 3.41. The lowest BCUT2D eigenvalue weighted by Crippen LogP contribution is -2.15. The van der Waals surface area contributed by atoms with Crippen molar-refractivity contribution in [1.82, 2.24) is 9.97 Å². The number of ether oxygens (including phenoxy) is 1. The predicted octanol–water partition coefficient (Wildman–Crippen LogP) is 1.96. The highest BCUT2D eigenvalue weighted by molar-refractivity contribution is 7.17. The van der Waals surface area contributed by atoms with Crippen molar-refractivity contribution in [3.8, 4) is 0 Å². The number of thiophene rings is 1. The van der Waals surface area contributed by atoms with Gasteiger partial charge in [0.1, 0.15) is 5.82 Å². The van der Waals surface area contributed by atoms with Gasteiger partial charge in [-0.05, 0) is 30.7 Å². The van der Waals surface area contributed by atoms with Crippen LogP contribution in [0.4, 0.5) is 11.8 Å². The van der Waals surface area contributed by atoms with Crippen molar-refractivity contribution in [3.05, 3.63) is 11.4 Å². The zero-order valence-corrected chi connectivity index (χ0v) is 11.4. The molecule has 1 aliphatic heterocycles. The number of rotatable bonds is 5. The minimum atomic E-state index is 0.389. The van der Waals surface area contributed by atoms with Crippen molar-refractivity contribution < 1.29 is 4.74 Å². The van der Waals surface area contributed by atoms with E-state index in [0.717, 1.165) is 42.0 Å². The van der Waals surface area contributed by atoms with E-state index in [1.807, 2.05) is 11.4 Å². The lowest BCUT2D eigenvalue weighted by Gasteiger charge is -2.11. The van der Waals surface area contributed by atoms with Crippen LogP contribution in [0.1, 0.15) is 19.3 Å². The number of nitrogens with two attached hydrogens (primary N) is 1. The molecule has 0 aliphatic carbocycles. The van der Waals surface area contributed by atoms with Crippen molar-refractivity contribution >= 4 is 33.3 Å². The highest BCUT2D eigenvalue weighted by Crippen LogP contribution is 2.27. The monoisotopic (exact) mass is 279 g/mol. The summed E-state index contributed by atoms with van der Waals surface area (Å²) < 4.78 is 6.67. The van der Waals surface area contributed by atoms with Gasteiger partial charge in [0.25, 0.3) is 0 Å². The summed E-state index contributed by atoms with van der Waals surface area (Å²) in [6, 6.07) is 1.97. The van der Waals surface area contributed by atoms with Gasteiger partial charge < -0.3 is 10.1 Å². The van der Waals surface area contributed by atoms with Gasteiger partial charge in [-0.1, -0.05) is 0 Å². The molecule has 0 radical (unpaired) electrons. The molecule has 0 bridgehead atoms. The van der Waals surface area contributed by atoms with Crippen LogP contribution in [0.15, 0.2) is 11.4 Å². The highest BCUT2D eigenvalue weighted by Gasteiger charge is 2.15. The molecule has 6 nitrogen and oxygen atoms in total. The molecule has 7 heteroatoms. The van der Waals surface area contributed by atoms with Crippen LogP contribution in [-0.2, 0) is 4.74 Å². The molecule has 3 rings (SSSR count). The maximum absolute atomic E-state index is 5.61. The third kappa shape index (κ3) is 2.78. The minimum absolute atomic E-state index is 0.389. The van der Waals surface area contributed by atoms with E-state index in [1.165, 1.54) is 6.42 Å². The van der Waals surface area contributed by atoms with E-state index in [4.69, 9.17) is 10.6 Å². The first-order chi connectivity index (χ1) is 9.36. The molecule has 1 atom stereocenters. The number of nitrogens with one attached hydrogen (secondary N) is 2. The smallest absolute Gasteiger partial charge is 0.239 e. The second kappa shape index (κ2) is 5.68. The minimum Gasteiger partial charge on any atom is -0.378 e. The fourth-order valence-electron chi connectivity index (χ4n) is 2.27. The Morgan fingerprint density at radius 3 is 3.21 bits per heavy atom. The van der Waals surface area contributed by atoms with Crippen LogP contribution in [0.2, 0.25) is 0 Å². The van der Waals surface area contributed by atoms with E-state index in [-0.39, 0.29) is 0 Å². The molecule has 2 aromatic rings.